The second-order valence-corrected chi connectivity index (χ2v) is 7.13. The number of nitrogens with zero attached hydrogens (tertiary/aromatic N) is 4. The van der Waals surface area contributed by atoms with Gasteiger partial charge in [0, 0.05) is 11.8 Å². The molecule has 0 spiro atoms. The van der Waals surface area contributed by atoms with Gasteiger partial charge in [0.15, 0.2) is 5.75 Å². The number of benzene rings is 1. The van der Waals surface area contributed by atoms with E-state index in [1.165, 1.54) is 0 Å². The quantitative estimate of drug-likeness (QED) is 0.550. The molecule has 0 radical (unpaired) electrons. The summed E-state index contributed by atoms with van der Waals surface area (Å²) >= 11 is 0. The lowest BCUT2D eigenvalue weighted by atomic mass is 10.0. The Kier molecular flexibility index (Phi) is 4.11. The molecule has 2 N–H and O–H groups in total. The molecule has 5 rings (SSSR count). The average molecular weight is 392 g/mol. The Labute approximate surface area is 166 Å². The lowest BCUT2D eigenvalue weighted by Crippen LogP contribution is -2.27. The Morgan fingerprint density at radius 2 is 2.10 bits per heavy atom. The van der Waals surface area contributed by atoms with Gasteiger partial charge in [0.2, 0.25) is 0 Å². The van der Waals surface area contributed by atoms with E-state index in [0.717, 1.165) is 28.0 Å². The minimum absolute atomic E-state index is 0.273. The van der Waals surface area contributed by atoms with Crippen LogP contribution in [-0.2, 0) is 0 Å². The third kappa shape index (κ3) is 2.64. The molecule has 0 saturated carbocycles. The van der Waals surface area contributed by atoms with E-state index in [1.807, 2.05) is 48.7 Å². The second-order valence-electron chi connectivity index (χ2n) is 7.13. The SMILES string of the molecule is Cc1noc(C)c1-c1ccc2nc([C@@H](O)CO)n3c2c1OC[C@@H]3c1ccccn1. The molecule has 0 amide bonds. The molecule has 1 aliphatic rings. The number of aromatic nitrogens is 4. The van der Waals surface area contributed by atoms with Crippen LogP contribution >= 0.6 is 0 Å². The van der Waals surface area contributed by atoms with Gasteiger partial charge in [0.25, 0.3) is 0 Å². The average Bonchev–Trinajstić information content (AvgIpc) is 3.30. The molecule has 8 nitrogen and oxygen atoms in total. The predicted molar refractivity (Wildman–Crippen MR) is 105 cm³/mol. The Hall–Kier alpha value is -3.23. The zero-order valence-electron chi connectivity index (χ0n) is 16.0. The smallest absolute Gasteiger partial charge is 0.153 e. The molecule has 2 atom stereocenters. The normalized spacial score (nSPS) is 16.8. The van der Waals surface area contributed by atoms with Crippen molar-refractivity contribution in [3.8, 4) is 16.9 Å². The number of imidazole rings is 1. The third-order valence-corrected chi connectivity index (χ3v) is 5.33. The highest BCUT2D eigenvalue weighted by atomic mass is 16.5. The van der Waals surface area contributed by atoms with Crippen molar-refractivity contribution in [1.29, 1.82) is 0 Å². The molecule has 4 aromatic rings. The second kappa shape index (κ2) is 6.68. The van der Waals surface area contributed by atoms with Gasteiger partial charge in [0.05, 0.1) is 29.1 Å². The predicted octanol–water partition coefficient (Wildman–Crippen LogP) is 2.71. The van der Waals surface area contributed by atoms with Crippen LogP contribution in [0.3, 0.4) is 0 Å². The van der Waals surface area contributed by atoms with Crippen LogP contribution in [0.1, 0.15) is 35.1 Å². The maximum Gasteiger partial charge on any atom is 0.153 e. The molecule has 4 heterocycles. The number of aryl methyl sites for hydroxylation is 2. The lowest BCUT2D eigenvalue weighted by molar-refractivity contribution is 0.0834. The van der Waals surface area contributed by atoms with Gasteiger partial charge < -0.3 is 24.0 Å². The molecule has 1 aliphatic heterocycles. The first-order valence-electron chi connectivity index (χ1n) is 9.41. The van der Waals surface area contributed by atoms with Crippen LogP contribution in [-0.4, -0.2) is 43.1 Å². The molecule has 0 aliphatic carbocycles. The van der Waals surface area contributed by atoms with Crippen molar-refractivity contribution in [1.82, 2.24) is 19.7 Å². The largest absolute Gasteiger partial charge is 0.488 e. The molecular formula is C21H20N4O4. The van der Waals surface area contributed by atoms with Crippen molar-refractivity contribution in [2.75, 3.05) is 13.2 Å². The van der Waals surface area contributed by atoms with Gasteiger partial charge in [-0.2, -0.15) is 0 Å². The summed E-state index contributed by atoms with van der Waals surface area (Å²) in [5, 5.41) is 24.1. The summed E-state index contributed by atoms with van der Waals surface area (Å²) in [5.74, 6) is 1.75. The van der Waals surface area contributed by atoms with Gasteiger partial charge in [0.1, 0.15) is 35.9 Å². The Bertz CT molecular complexity index is 1180. The van der Waals surface area contributed by atoms with E-state index in [4.69, 9.17) is 9.26 Å². The van der Waals surface area contributed by atoms with Crippen LogP contribution in [0.4, 0.5) is 0 Å². The summed E-state index contributed by atoms with van der Waals surface area (Å²) in [4.78, 5) is 9.08. The number of aliphatic hydroxyl groups is 2. The number of hydrogen-bond acceptors (Lipinski definition) is 7. The first-order chi connectivity index (χ1) is 14.1. The van der Waals surface area contributed by atoms with Crippen molar-refractivity contribution in [3.63, 3.8) is 0 Å². The van der Waals surface area contributed by atoms with E-state index in [1.54, 1.807) is 6.20 Å². The van der Waals surface area contributed by atoms with E-state index in [9.17, 15) is 10.2 Å². The molecule has 148 valence electrons. The van der Waals surface area contributed by atoms with Crippen LogP contribution in [0.25, 0.3) is 22.2 Å². The Morgan fingerprint density at radius 1 is 1.24 bits per heavy atom. The zero-order chi connectivity index (χ0) is 20.1. The summed E-state index contributed by atoms with van der Waals surface area (Å²) in [5.41, 5.74) is 4.75. The number of pyridine rings is 1. The first-order valence-corrected chi connectivity index (χ1v) is 9.41. The fourth-order valence-corrected chi connectivity index (χ4v) is 4.05. The minimum Gasteiger partial charge on any atom is -0.488 e. The molecule has 0 bridgehead atoms. The summed E-state index contributed by atoms with van der Waals surface area (Å²) < 4.78 is 13.5. The van der Waals surface area contributed by atoms with Gasteiger partial charge in [-0.25, -0.2) is 4.98 Å². The number of hydrogen-bond donors (Lipinski definition) is 2. The van der Waals surface area contributed by atoms with Crippen LogP contribution in [0.5, 0.6) is 5.75 Å². The van der Waals surface area contributed by atoms with Gasteiger partial charge in [-0.1, -0.05) is 11.2 Å². The van der Waals surface area contributed by atoms with E-state index in [0.29, 0.717) is 29.5 Å². The Balaban J connectivity index is 1.81. The highest BCUT2D eigenvalue weighted by Gasteiger charge is 2.33. The molecule has 0 saturated heterocycles. The zero-order valence-corrected chi connectivity index (χ0v) is 16.0. The third-order valence-electron chi connectivity index (χ3n) is 5.33. The van der Waals surface area contributed by atoms with Crippen molar-refractivity contribution >= 4 is 11.0 Å². The molecule has 0 fully saturated rings. The summed E-state index contributed by atoms with van der Waals surface area (Å²) in [6.45, 7) is 3.65. The van der Waals surface area contributed by atoms with Gasteiger partial charge in [-0.3, -0.25) is 4.98 Å². The summed E-state index contributed by atoms with van der Waals surface area (Å²) in [6, 6.07) is 9.22. The van der Waals surface area contributed by atoms with Crippen molar-refractivity contribution in [3.05, 3.63) is 59.5 Å². The standard InChI is InChI=1S/C21H20N4O4/c1-11-18(12(2)29-24-11)13-6-7-15-19-20(13)28-10-16(14-5-3-4-8-22-14)25(19)21(23-15)17(27)9-26/h3-8,16-17,26-27H,9-10H2,1-2H3/t16-,17+/m1/s1. The fraction of sp³-hybridized carbons (Fsp3) is 0.286. The van der Waals surface area contributed by atoms with Crippen LogP contribution in [0.15, 0.2) is 41.1 Å². The maximum atomic E-state index is 10.4. The molecule has 3 aromatic heterocycles. The van der Waals surface area contributed by atoms with Gasteiger partial charge in [-0.15, -0.1) is 0 Å². The number of aliphatic hydroxyl groups excluding tert-OH is 2. The van der Waals surface area contributed by atoms with Crippen LogP contribution < -0.4 is 4.74 Å². The van der Waals surface area contributed by atoms with Crippen molar-refractivity contribution in [2.24, 2.45) is 0 Å². The highest BCUT2D eigenvalue weighted by molar-refractivity contribution is 5.93. The summed E-state index contributed by atoms with van der Waals surface area (Å²) in [7, 11) is 0. The summed E-state index contributed by atoms with van der Waals surface area (Å²) in [6.07, 6.45) is 0.614. The molecule has 29 heavy (non-hydrogen) atoms. The fourth-order valence-electron chi connectivity index (χ4n) is 4.05. The maximum absolute atomic E-state index is 10.4. The van der Waals surface area contributed by atoms with E-state index in [-0.39, 0.29) is 6.04 Å². The Morgan fingerprint density at radius 3 is 2.79 bits per heavy atom. The molecule has 0 unspecified atom stereocenters. The number of rotatable bonds is 4. The van der Waals surface area contributed by atoms with Crippen molar-refractivity contribution in [2.45, 2.75) is 26.0 Å². The van der Waals surface area contributed by atoms with E-state index < -0.39 is 12.7 Å². The van der Waals surface area contributed by atoms with E-state index in [2.05, 4.69) is 15.1 Å². The number of ether oxygens (including phenoxy) is 1. The van der Waals surface area contributed by atoms with Gasteiger partial charge in [-0.05, 0) is 38.1 Å². The van der Waals surface area contributed by atoms with E-state index >= 15 is 0 Å². The molecule has 1 aromatic carbocycles. The van der Waals surface area contributed by atoms with Crippen molar-refractivity contribution < 1.29 is 19.5 Å². The highest BCUT2D eigenvalue weighted by Crippen LogP contribution is 2.44. The van der Waals surface area contributed by atoms with Crippen LogP contribution in [0.2, 0.25) is 0 Å². The topological polar surface area (TPSA) is 106 Å². The minimum atomic E-state index is -1.11. The van der Waals surface area contributed by atoms with Crippen LogP contribution in [0, 0.1) is 13.8 Å². The monoisotopic (exact) mass is 392 g/mol. The molecule has 8 heteroatoms. The van der Waals surface area contributed by atoms with Gasteiger partial charge >= 0.3 is 0 Å². The lowest BCUT2D eigenvalue weighted by Gasteiger charge is -2.28. The first kappa shape index (κ1) is 17.8. The molecular weight excluding hydrogens is 372 g/mol.